The van der Waals surface area contributed by atoms with Gasteiger partial charge in [-0.05, 0) is 127 Å². The van der Waals surface area contributed by atoms with Crippen molar-refractivity contribution in [3.05, 3.63) is 46.4 Å². The number of thiocarbonyl (C=S) groups is 1. The summed E-state index contributed by atoms with van der Waals surface area (Å²) in [6.07, 6.45) is 14.4. The van der Waals surface area contributed by atoms with Gasteiger partial charge in [-0.15, -0.1) is 0 Å². The van der Waals surface area contributed by atoms with Crippen molar-refractivity contribution in [1.29, 1.82) is 0 Å². The molecule has 0 N–H and O–H groups in total. The molecule has 1 amide bonds. The molecule has 1 aromatic carbocycles. The minimum absolute atomic E-state index is 0.00144. The molecule has 0 unspecified atom stereocenters. The molecule has 4 saturated carbocycles. The Morgan fingerprint density at radius 1 is 0.982 bits per heavy atom. The van der Waals surface area contributed by atoms with Crippen molar-refractivity contribution in [3.63, 3.8) is 0 Å². The Morgan fingerprint density at radius 2 is 1.68 bits per heavy atom. The highest BCUT2D eigenvalue weighted by Gasteiger charge is 2.69. The van der Waals surface area contributed by atoms with Crippen molar-refractivity contribution < 1.29 is 24.0 Å². The molecule has 5 aliphatic carbocycles. The summed E-state index contributed by atoms with van der Waals surface area (Å²) in [6, 6.07) is 7.98. The average molecular weight is 802 g/mol. The number of allylic oxidation sites excluding steroid dienone is 2. The minimum atomic E-state index is -0.459. The fourth-order valence-corrected chi connectivity index (χ4v) is 14.2. The van der Waals surface area contributed by atoms with Crippen molar-refractivity contribution in [2.24, 2.45) is 55.4 Å². The summed E-state index contributed by atoms with van der Waals surface area (Å²) in [7, 11) is 5.55. The van der Waals surface area contributed by atoms with Gasteiger partial charge in [-0.2, -0.15) is 0 Å². The first-order valence-electron chi connectivity index (χ1n) is 20.8. The van der Waals surface area contributed by atoms with Crippen molar-refractivity contribution >= 4 is 63.6 Å². The molecule has 0 spiro atoms. The molecule has 8 nitrogen and oxygen atoms in total. The number of hydrogen-bond acceptors (Lipinski definition) is 9. The molecule has 0 bridgehead atoms. The lowest BCUT2D eigenvalue weighted by molar-refractivity contribution is -0.181. The summed E-state index contributed by atoms with van der Waals surface area (Å²) >= 11 is 6.80. The van der Waals surface area contributed by atoms with Crippen LogP contribution in [0.5, 0.6) is 0 Å². The van der Waals surface area contributed by atoms with E-state index < -0.39 is 11.4 Å². The Balaban J connectivity index is 1.03. The third kappa shape index (κ3) is 6.51. The van der Waals surface area contributed by atoms with Crippen LogP contribution in [-0.2, 0) is 24.0 Å². The number of rotatable bonds is 7. The van der Waals surface area contributed by atoms with Gasteiger partial charge in [0.25, 0.3) is 5.91 Å². The molecule has 10 heteroatoms. The van der Waals surface area contributed by atoms with E-state index >= 15 is 0 Å². The second-order valence-electron chi connectivity index (χ2n) is 20.2. The smallest absolute Gasteiger partial charge is 0.336 e. The van der Waals surface area contributed by atoms with E-state index in [2.05, 4.69) is 59.7 Å². The number of benzene rings is 1. The number of oxime groups is 1. The van der Waals surface area contributed by atoms with E-state index in [1.807, 2.05) is 49.3 Å². The molecule has 1 saturated heterocycles. The van der Waals surface area contributed by atoms with Gasteiger partial charge in [0, 0.05) is 31.7 Å². The molecule has 1 aromatic rings. The second-order valence-corrected chi connectivity index (χ2v) is 21.8. The standard InChI is InChI=1S/C46H63N3O5S2/c1-41(2)22-24-46(39(52)53-10)25-23-44(6)31(32(46)28-41)15-16-35-43(5)20-18-36(42(3,4)34(43)17-21-45(35,44)7)47-54-37(50)19-26-49-38(51)33(56-40(49)55)27-29-11-13-30(14-12-29)48(8)9/h11-15,27,32,34-35H,16-26,28H2,1-10H3/b33-27-,47-36-/t32-,34+,35-,43+,44-,45-,46+/m1/s1. The van der Waals surface area contributed by atoms with Gasteiger partial charge in [0.1, 0.15) is 4.32 Å². The summed E-state index contributed by atoms with van der Waals surface area (Å²) in [5.74, 6) is 0.486. The molecule has 6 aliphatic rings. The van der Waals surface area contributed by atoms with Gasteiger partial charge in [0.2, 0.25) is 0 Å². The van der Waals surface area contributed by atoms with Crippen LogP contribution in [0.1, 0.15) is 125 Å². The van der Waals surface area contributed by atoms with Crippen LogP contribution in [0.4, 0.5) is 5.69 Å². The number of nitrogens with zero attached hydrogens (tertiary/aromatic N) is 3. The lowest BCUT2D eigenvalue weighted by atomic mass is 9.33. The Bertz CT molecular complexity index is 1900. The van der Waals surface area contributed by atoms with E-state index in [0.29, 0.717) is 21.1 Å². The Labute approximate surface area is 344 Å². The van der Waals surface area contributed by atoms with Crippen LogP contribution in [0.25, 0.3) is 6.08 Å². The number of hydrogen-bond donors (Lipinski definition) is 0. The molecule has 5 fully saturated rings. The largest absolute Gasteiger partial charge is 0.469 e. The predicted octanol–water partition coefficient (Wildman–Crippen LogP) is 10.2. The van der Waals surface area contributed by atoms with Crippen LogP contribution >= 0.6 is 24.0 Å². The first kappa shape index (κ1) is 41.2. The quantitative estimate of drug-likeness (QED) is 0.0673. The maximum atomic E-state index is 13.6. The molecule has 0 aromatic heterocycles. The molecular formula is C46H63N3O5S2. The van der Waals surface area contributed by atoms with Crippen LogP contribution in [-0.4, -0.2) is 60.5 Å². The second kappa shape index (κ2) is 14.4. The van der Waals surface area contributed by atoms with Gasteiger partial charge in [-0.25, -0.2) is 4.79 Å². The SMILES string of the molecule is COC(=O)[C@]12CCC(C)(C)C[C@@H]1C1=CC[C@@H]3[C@@]4(C)CC/C(=N/OC(=O)CCN5C(=O)/C(=C/c6ccc(N(C)C)cc6)SC5=S)C(C)(C)[C@@H]4CC[C@@]3(C)[C@]1(C)CC2. The van der Waals surface area contributed by atoms with Gasteiger partial charge < -0.3 is 14.5 Å². The topological polar surface area (TPSA) is 88.5 Å². The monoisotopic (exact) mass is 801 g/mol. The van der Waals surface area contributed by atoms with Crippen molar-refractivity contribution in [2.45, 2.75) is 119 Å². The first-order valence-corrected chi connectivity index (χ1v) is 22.0. The van der Waals surface area contributed by atoms with E-state index in [1.54, 1.807) is 12.7 Å². The highest BCUT2D eigenvalue weighted by Crippen LogP contribution is 2.75. The Morgan fingerprint density at radius 3 is 2.36 bits per heavy atom. The summed E-state index contributed by atoms with van der Waals surface area (Å²) < 4.78 is 6.00. The zero-order valence-corrected chi connectivity index (χ0v) is 37.0. The zero-order chi connectivity index (χ0) is 40.6. The number of ether oxygens (including phenoxy) is 1. The van der Waals surface area contributed by atoms with Gasteiger partial charge in [0.15, 0.2) is 0 Å². The van der Waals surface area contributed by atoms with E-state index in [4.69, 9.17) is 21.8 Å². The number of anilines is 1. The predicted molar refractivity (Wildman–Crippen MR) is 230 cm³/mol. The number of fused-ring (bicyclic) bond motifs is 7. The molecule has 56 heavy (non-hydrogen) atoms. The molecular weight excluding hydrogens is 739 g/mol. The fraction of sp³-hybridized carbons (Fsp3) is 0.674. The number of esters is 1. The van der Waals surface area contributed by atoms with E-state index in [-0.39, 0.29) is 57.8 Å². The van der Waals surface area contributed by atoms with Crippen molar-refractivity contribution in [1.82, 2.24) is 4.90 Å². The van der Waals surface area contributed by atoms with Crippen LogP contribution in [0, 0.1) is 50.2 Å². The van der Waals surface area contributed by atoms with Crippen LogP contribution in [0.3, 0.4) is 0 Å². The van der Waals surface area contributed by atoms with Crippen LogP contribution < -0.4 is 4.90 Å². The summed E-state index contributed by atoms with van der Waals surface area (Å²) in [5, 5.41) is 4.58. The highest BCUT2D eigenvalue weighted by atomic mass is 32.2. The van der Waals surface area contributed by atoms with Gasteiger partial charge in [0.05, 0.1) is 29.6 Å². The van der Waals surface area contributed by atoms with Crippen molar-refractivity contribution in [2.75, 3.05) is 32.6 Å². The molecule has 0 radical (unpaired) electrons. The Kier molecular flexibility index (Phi) is 10.6. The van der Waals surface area contributed by atoms with Gasteiger partial charge >= 0.3 is 11.9 Å². The number of carbonyl (C=O) groups is 3. The van der Waals surface area contributed by atoms with Crippen LogP contribution in [0.2, 0.25) is 0 Å². The van der Waals surface area contributed by atoms with Gasteiger partial charge in [-0.1, -0.05) is 101 Å². The molecule has 1 aliphatic heterocycles. The zero-order valence-electron chi connectivity index (χ0n) is 35.4. The lowest BCUT2D eigenvalue weighted by Gasteiger charge is -2.70. The first-order chi connectivity index (χ1) is 26.2. The van der Waals surface area contributed by atoms with Gasteiger partial charge in [-0.3, -0.25) is 14.5 Å². The van der Waals surface area contributed by atoms with E-state index in [0.717, 1.165) is 81.2 Å². The summed E-state index contributed by atoms with van der Waals surface area (Å²) in [5.41, 5.74) is 4.29. The maximum Gasteiger partial charge on any atom is 0.336 e. The molecule has 7 atom stereocenters. The molecule has 304 valence electrons. The highest BCUT2D eigenvalue weighted by molar-refractivity contribution is 8.26. The third-order valence-electron chi connectivity index (χ3n) is 16.4. The van der Waals surface area contributed by atoms with E-state index in [9.17, 15) is 14.4 Å². The van der Waals surface area contributed by atoms with Crippen LogP contribution in [0.15, 0.2) is 46.0 Å². The molecule has 7 rings (SSSR count). The molecule has 1 heterocycles. The summed E-state index contributed by atoms with van der Waals surface area (Å²) in [4.78, 5) is 49.7. The number of amides is 1. The maximum absolute atomic E-state index is 13.6. The number of carbonyl (C=O) groups excluding carboxylic acids is 3. The number of methoxy groups -OCH3 is 1. The summed E-state index contributed by atoms with van der Waals surface area (Å²) in [6.45, 7) is 17.2. The van der Waals surface area contributed by atoms with E-state index in [1.165, 1.54) is 16.7 Å². The average Bonchev–Trinajstić information content (AvgIpc) is 3.40. The lowest BCUT2D eigenvalue weighted by Crippen LogP contribution is -2.64. The Hall–Kier alpha value is -2.98. The van der Waals surface area contributed by atoms with Crippen molar-refractivity contribution in [3.8, 4) is 0 Å². The minimum Gasteiger partial charge on any atom is -0.469 e. The third-order valence-corrected chi connectivity index (χ3v) is 17.8. The normalized spacial score (nSPS) is 37.2. The fourth-order valence-electron chi connectivity index (χ4n) is 12.9. The number of thioether (sulfide) groups is 1.